The van der Waals surface area contributed by atoms with E-state index in [1.807, 2.05) is 32.7 Å². The number of carboxylic acid groups (broad SMARTS) is 1. The number of aliphatic hydroxyl groups is 4. The third-order valence-corrected chi connectivity index (χ3v) is 19.2. The number of methoxy groups -OCH3 is 1. The van der Waals surface area contributed by atoms with Crippen LogP contribution in [0.5, 0.6) is 0 Å². The van der Waals surface area contributed by atoms with Gasteiger partial charge in [-0.1, -0.05) is 59.6 Å². The number of anilines is 1. The van der Waals surface area contributed by atoms with Crippen molar-refractivity contribution in [1.29, 1.82) is 0 Å². The lowest BCUT2D eigenvalue weighted by Gasteiger charge is -2.40. The van der Waals surface area contributed by atoms with Gasteiger partial charge in [-0.2, -0.15) is 11.8 Å². The highest BCUT2D eigenvalue weighted by molar-refractivity contribution is 7.99. The number of ether oxygens (including phenoxy) is 4. The lowest BCUT2D eigenvalue weighted by atomic mass is 9.83. The normalized spacial score (nSPS) is 20.7. The van der Waals surface area contributed by atoms with E-state index >= 15 is 0 Å². The number of nitrogens with zero attached hydrogens (tertiary/aromatic N) is 3. The van der Waals surface area contributed by atoms with Crippen molar-refractivity contribution in [2.75, 3.05) is 97.7 Å². The molecule has 5 amide bonds. The first-order valence-electron chi connectivity index (χ1n) is 33.6. The molecule has 4 rings (SSSR count). The second-order valence-electron chi connectivity index (χ2n) is 25.5. The molecular weight excluding hydrogens is 1250 g/mol. The summed E-state index contributed by atoms with van der Waals surface area (Å²) in [5.41, 5.74) is 1.36. The minimum atomic E-state index is -1.76. The Hall–Kier alpha value is -5.04. The Morgan fingerprint density at radius 3 is 2.32 bits per heavy atom. The highest BCUT2D eigenvalue weighted by atomic mass is 32.2. The number of amides is 5. The zero-order chi connectivity index (χ0) is 69.4. The fourth-order valence-electron chi connectivity index (χ4n) is 12.2. The average Bonchev–Trinajstić information content (AvgIpc) is 0.843. The molecule has 0 bridgehead atoms. The van der Waals surface area contributed by atoms with Crippen LogP contribution in [0.25, 0.3) is 0 Å². The maximum absolute atomic E-state index is 15.0. The molecule has 1 aromatic carbocycles. The number of hydrogen-bond donors (Lipinski definition) is 10. The Balaban J connectivity index is 1.57. The predicted molar refractivity (Wildman–Crippen MR) is 360 cm³/mol. The number of likely N-dealkylation sites (tertiary alicyclic amines) is 1. The summed E-state index contributed by atoms with van der Waals surface area (Å²) >= 11 is 2.60. The molecule has 2 aromatic rings. The number of likely N-dealkylation sites (N-methyl/N-ethyl adjacent to an activating group) is 1. The van der Waals surface area contributed by atoms with Gasteiger partial charge in [0.15, 0.2) is 12.1 Å². The van der Waals surface area contributed by atoms with Crippen LogP contribution in [-0.4, -0.2) is 229 Å². The minimum absolute atomic E-state index is 0.0103. The maximum atomic E-state index is 15.0. The van der Waals surface area contributed by atoms with Crippen molar-refractivity contribution >= 4 is 75.9 Å². The third-order valence-electron chi connectivity index (χ3n) is 17.7. The van der Waals surface area contributed by atoms with E-state index in [0.29, 0.717) is 81.0 Å². The summed E-state index contributed by atoms with van der Waals surface area (Å²) in [6.45, 7) is 13.7. The van der Waals surface area contributed by atoms with Crippen LogP contribution in [0.2, 0.25) is 0 Å². The number of rotatable bonds is 46. The lowest BCUT2D eigenvalue weighted by Crippen LogP contribution is -2.56. The number of piperidine rings is 1. The molecule has 532 valence electrons. The van der Waals surface area contributed by atoms with Gasteiger partial charge in [0.2, 0.25) is 23.6 Å². The van der Waals surface area contributed by atoms with E-state index in [0.717, 1.165) is 25.8 Å². The summed E-state index contributed by atoms with van der Waals surface area (Å²) in [7, 11) is 5.31. The monoisotopic (exact) mass is 1360 g/mol. The number of thioether (sulfide) groups is 1. The first kappa shape index (κ1) is 81.4. The lowest BCUT2D eigenvalue weighted by molar-refractivity contribution is -0.273. The van der Waals surface area contributed by atoms with Crippen LogP contribution in [0.15, 0.2) is 23.6 Å². The molecule has 13 atom stereocenters. The van der Waals surface area contributed by atoms with Gasteiger partial charge >= 0.3 is 5.97 Å². The number of benzene rings is 1. The van der Waals surface area contributed by atoms with Gasteiger partial charge in [0.05, 0.1) is 55.7 Å². The average molecular weight is 1360 g/mol. The molecule has 0 radical (unpaired) electrons. The third kappa shape index (κ3) is 26.8. The summed E-state index contributed by atoms with van der Waals surface area (Å²) in [6.07, 6.45) is 1.35. The van der Waals surface area contributed by atoms with Crippen LogP contribution in [0.3, 0.4) is 0 Å². The number of aromatic nitrogens is 1. The van der Waals surface area contributed by atoms with Gasteiger partial charge in [-0.05, 0) is 121 Å². The number of aliphatic carboxylic acids is 1. The number of ketones is 2. The van der Waals surface area contributed by atoms with Gasteiger partial charge in [0, 0.05) is 100 Å². The van der Waals surface area contributed by atoms with Crippen LogP contribution in [0.1, 0.15) is 164 Å². The summed E-state index contributed by atoms with van der Waals surface area (Å²) in [5.74, 6) is -5.75. The van der Waals surface area contributed by atoms with Gasteiger partial charge in [-0.15, -0.1) is 11.3 Å². The number of unbranched alkanes of at least 4 members (excludes halogenated alkanes) is 1. The fourth-order valence-corrected chi connectivity index (χ4v) is 13.5. The first-order chi connectivity index (χ1) is 44.9. The smallest absolute Gasteiger partial charge is 0.306 e. The first-order valence-corrected chi connectivity index (χ1v) is 35.8. The molecule has 2 aliphatic heterocycles. The summed E-state index contributed by atoms with van der Waals surface area (Å²) in [4.78, 5) is 117. The van der Waals surface area contributed by atoms with Gasteiger partial charge in [0.1, 0.15) is 35.3 Å². The Morgan fingerprint density at radius 1 is 0.915 bits per heavy atom. The molecule has 0 saturated carbocycles. The molecule has 2 saturated heterocycles. The van der Waals surface area contributed by atoms with Gasteiger partial charge < -0.3 is 76.0 Å². The molecule has 94 heavy (non-hydrogen) atoms. The zero-order valence-corrected chi connectivity index (χ0v) is 58.7. The number of carbonyl (C=O) groups is 8. The van der Waals surface area contributed by atoms with Crippen molar-refractivity contribution in [2.24, 2.45) is 29.6 Å². The van der Waals surface area contributed by atoms with Gasteiger partial charge in [-0.3, -0.25) is 43.3 Å². The SMILES string of the molecule is CCCO[C@H](C[C@H](C(C)C)N(CCC)C(=O)[C@@H](CC(=O)C1CCCCN1C)C(C)NC)c1nc(C(=O)N[C@@H](Cc2ccc(CC3C(CO)OC(O)C(O)C3O)c(NC(=O)CCCNC(=O)C(CCCCNC(=O)COCCOC)CC(=O)CSC)c2)CC(C)C(=O)O)cs1. The Morgan fingerprint density at radius 2 is 1.66 bits per heavy atom. The second-order valence-corrected chi connectivity index (χ2v) is 27.3. The number of aliphatic hydroxyl groups excluding tert-OH is 4. The quantitative estimate of drug-likeness (QED) is 0.0402. The standard InChI is InChI=1S/C67H110N8O17S2/c1-11-25-75(65(85)49(43(6)68-7)35-55(78)53-19-14-16-26-74(53)8)54(41(3)4)36-56(91-27-12-2)64-73-52(40-94-64)63(84)71-47(30-42(5)66(86)87)31-44-21-22-45(34-50-57(37-76)92-67(88)61(82)60(50)81)51(32-44)72-58(79)20-17-24-70-62(83)46(33-48(77)39-93-10)18-13-15-23-69-59(80)38-90-29-28-89-9/h21-22,32,40-43,46-47,49-50,53-54,56-57,60-61,67-68,76,81-82,88H,11-20,23-31,33-39H2,1-10H3,(H,69,80)(H,70,83)(H,71,84)(H,72,79)(H,86,87)/t42?,43?,46?,47-,49+,50?,53?,54-,56-,57?,60?,61?,67?/m1/s1. The maximum Gasteiger partial charge on any atom is 0.306 e. The number of nitrogens with one attached hydrogen (secondary N) is 5. The highest BCUT2D eigenvalue weighted by Gasteiger charge is 2.44. The fraction of sp³-hybridized carbons (Fsp3) is 0.746. The molecule has 25 nitrogen and oxygen atoms in total. The van der Waals surface area contributed by atoms with Gasteiger partial charge in [-0.25, -0.2) is 4.98 Å². The molecule has 9 unspecified atom stereocenters. The van der Waals surface area contributed by atoms with Crippen molar-refractivity contribution in [3.05, 3.63) is 45.4 Å². The molecule has 10 N–H and O–H groups in total. The number of hydrogen-bond acceptors (Lipinski definition) is 21. The Kier molecular flexibility index (Phi) is 37.5. The van der Waals surface area contributed by atoms with Crippen molar-refractivity contribution in [2.45, 2.75) is 199 Å². The number of carbonyl (C=O) groups excluding carboxylic acids is 7. The molecule has 2 fully saturated rings. The molecule has 0 aliphatic carbocycles. The van der Waals surface area contributed by atoms with E-state index in [2.05, 4.69) is 45.3 Å². The summed E-state index contributed by atoms with van der Waals surface area (Å²) in [6, 6.07) is 3.42. The number of Topliss-reactive ketones (excluding diaryl/α,β-unsaturated/α-hetero) is 2. The molecular formula is C67H110N8O17S2. The van der Waals surface area contributed by atoms with Crippen LogP contribution in [0, 0.1) is 29.6 Å². The Labute approximate surface area is 564 Å². The van der Waals surface area contributed by atoms with E-state index in [1.54, 1.807) is 36.9 Å². The molecule has 0 spiro atoms. The number of carboxylic acids is 1. The van der Waals surface area contributed by atoms with Crippen LogP contribution in [0.4, 0.5) is 5.69 Å². The van der Waals surface area contributed by atoms with E-state index in [9.17, 15) is 63.9 Å². The largest absolute Gasteiger partial charge is 0.481 e. The van der Waals surface area contributed by atoms with E-state index < -0.39 is 84.8 Å². The molecule has 1 aromatic heterocycles. The van der Waals surface area contributed by atoms with Crippen molar-refractivity contribution in [3.63, 3.8) is 0 Å². The Bertz CT molecular complexity index is 2670. The van der Waals surface area contributed by atoms with E-state index in [4.69, 9.17) is 23.9 Å². The number of thiazole rings is 1. The topological polar surface area (TPSA) is 354 Å². The van der Waals surface area contributed by atoms with Crippen molar-refractivity contribution < 1.29 is 82.8 Å². The predicted octanol–water partition coefficient (Wildman–Crippen LogP) is 4.70. The molecule has 3 heterocycles. The molecule has 2 aliphatic rings. The summed E-state index contributed by atoms with van der Waals surface area (Å²) < 4.78 is 22.2. The second kappa shape index (κ2) is 43.3. The van der Waals surface area contributed by atoms with Crippen LogP contribution < -0.4 is 26.6 Å². The summed E-state index contributed by atoms with van der Waals surface area (Å²) in [5, 5.41) is 69.5. The van der Waals surface area contributed by atoms with E-state index in [-0.39, 0.29) is 135 Å². The minimum Gasteiger partial charge on any atom is -0.481 e. The van der Waals surface area contributed by atoms with Crippen molar-refractivity contribution in [1.82, 2.24) is 36.1 Å². The van der Waals surface area contributed by atoms with E-state index in [1.165, 1.54) is 37.1 Å². The van der Waals surface area contributed by atoms with Gasteiger partial charge in [0.25, 0.3) is 5.91 Å². The highest BCUT2D eigenvalue weighted by Crippen LogP contribution is 2.35. The molecule has 27 heteroatoms. The van der Waals surface area contributed by atoms with Crippen LogP contribution in [-0.2, 0) is 65.4 Å². The van der Waals surface area contributed by atoms with Crippen molar-refractivity contribution in [3.8, 4) is 0 Å². The van der Waals surface area contributed by atoms with Crippen LogP contribution >= 0.6 is 23.1 Å². The zero-order valence-electron chi connectivity index (χ0n) is 57.1.